The summed E-state index contributed by atoms with van der Waals surface area (Å²) in [4.78, 5) is 0. The molecule has 0 N–H and O–H groups in total. The fraction of sp³-hybridized carbons (Fsp3) is 0.871. The Balaban J connectivity index is 1.18. The van der Waals surface area contributed by atoms with E-state index in [1.54, 1.807) is 0 Å². The predicted molar refractivity (Wildman–Crippen MR) is 140 cm³/mol. The second-order valence-electron chi connectivity index (χ2n) is 11.8. The van der Waals surface area contributed by atoms with Crippen LogP contribution in [0.1, 0.15) is 129 Å². The van der Waals surface area contributed by atoms with Crippen LogP contribution in [0.25, 0.3) is 0 Å². The maximum absolute atomic E-state index is 12.1. The Bertz CT molecular complexity index is 572. The standard InChI is InChI=1S/C31H52F2O/c1-2-3-4-9-27-18-20-28(21-19-27)29-22-23-30(34-24-29)12-7-5-10-25-14-16-26(17-15-25)11-6-8-13-31(32)33/h4,9,13,25-30H,2-3,5-8,10-12,14-24H2,1H3. The van der Waals surface area contributed by atoms with Gasteiger partial charge in [0, 0.05) is 0 Å². The van der Waals surface area contributed by atoms with E-state index in [-0.39, 0.29) is 0 Å². The number of allylic oxidation sites excluding steroid dienone is 3. The number of ether oxygens (including phenoxy) is 1. The van der Waals surface area contributed by atoms with Crippen LogP contribution in [0.3, 0.4) is 0 Å². The highest BCUT2D eigenvalue weighted by atomic mass is 19.3. The normalized spacial score (nSPS) is 32.7. The van der Waals surface area contributed by atoms with Crippen molar-refractivity contribution in [2.75, 3.05) is 6.61 Å². The first-order valence-electron chi connectivity index (χ1n) is 14.9. The van der Waals surface area contributed by atoms with Gasteiger partial charge >= 0.3 is 0 Å². The second kappa shape index (κ2) is 16.1. The molecule has 0 radical (unpaired) electrons. The summed E-state index contributed by atoms with van der Waals surface area (Å²) < 4.78 is 30.6. The molecule has 0 spiro atoms. The molecule has 0 aromatic rings. The first kappa shape index (κ1) is 27.9. The largest absolute Gasteiger partial charge is 0.378 e. The molecular weight excluding hydrogens is 426 g/mol. The highest BCUT2D eigenvalue weighted by Crippen LogP contribution is 2.39. The highest BCUT2D eigenvalue weighted by molar-refractivity contribution is 4.92. The molecule has 0 aromatic carbocycles. The van der Waals surface area contributed by atoms with Gasteiger partial charge in [0.15, 0.2) is 0 Å². The molecule has 34 heavy (non-hydrogen) atoms. The molecule has 1 heterocycles. The van der Waals surface area contributed by atoms with Gasteiger partial charge in [0.25, 0.3) is 6.08 Å². The second-order valence-corrected chi connectivity index (χ2v) is 11.8. The van der Waals surface area contributed by atoms with Gasteiger partial charge in [-0.3, -0.25) is 0 Å². The number of halogens is 2. The van der Waals surface area contributed by atoms with E-state index in [2.05, 4.69) is 19.1 Å². The molecule has 3 rings (SSSR count). The summed E-state index contributed by atoms with van der Waals surface area (Å²) in [6, 6.07) is 0. The monoisotopic (exact) mass is 478 g/mol. The average Bonchev–Trinajstić information content (AvgIpc) is 2.86. The average molecular weight is 479 g/mol. The third kappa shape index (κ3) is 10.5. The molecule has 3 aliphatic rings. The molecule has 1 aliphatic heterocycles. The lowest BCUT2D eigenvalue weighted by molar-refractivity contribution is -0.0421. The summed E-state index contributed by atoms with van der Waals surface area (Å²) in [7, 11) is 0. The fourth-order valence-electron chi connectivity index (χ4n) is 6.92. The van der Waals surface area contributed by atoms with Gasteiger partial charge in [-0.2, -0.15) is 8.78 Å². The lowest BCUT2D eigenvalue weighted by atomic mass is 9.73. The van der Waals surface area contributed by atoms with E-state index in [0.717, 1.165) is 55.1 Å². The minimum atomic E-state index is -1.52. The fourth-order valence-corrected chi connectivity index (χ4v) is 6.92. The van der Waals surface area contributed by atoms with Crippen LogP contribution >= 0.6 is 0 Å². The summed E-state index contributed by atoms with van der Waals surface area (Å²) in [6.45, 7) is 3.28. The molecule has 2 aliphatic carbocycles. The summed E-state index contributed by atoms with van der Waals surface area (Å²) in [5.74, 6) is 4.25. The SMILES string of the molecule is CCCC=CC1CCC(C2CCC(CCCCC3CCC(CCCC=C(F)F)CC3)OC2)CC1. The first-order valence-corrected chi connectivity index (χ1v) is 14.9. The van der Waals surface area contributed by atoms with Gasteiger partial charge in [-0.25, -0.2) is 0 Å². The lowest BCUT2D eigenvalue weighted by Crippen LogP contribution is -2.32. The van der Waals surface area contributed by atoms with Gasteiger partial charge in [0.05, 0.1) is 12.7 Å². The predicted octanol–water partition coefficient (Wildman–Crippen LogP) is 10.3. The van der Waals surface area contributed by atoms with Gasteiger partial charge in [0.2, 0.25) is 0 Å². The molecule has 3 heteroatoms. The van der Waals surface area contributed by atoms with Gasteiger partial charge in [-0.05, 0) is 99.9 Å². The molecule has 0 aromatic heterocycles. The first-order chi connectivity index (χ1) is 16.6. The van der Waals surface area contributed by atoms with Crippen LogP contribution in [0.15, 0.2) is 24.3 Å². The number of unbranched alkanes of at least 4 members (excludes halogenated alkanes) is 3. The van der Waals surface area contributed by atoms with Crippen molar-refractivity contribution in [3.05, 3.63) is 24.3 Å². The Morgan fingerprint density at radius 1 is 0.735 bits per heavy atom. The Morgan fingerprint density at radius 2 is 1.38 bits per heavy atom. The highest BCUT2D eigenvalue weighted by Gasteiger charge is 2.30. The molecule has 0 bridgehead atoms. The van der Waals surface area contributed by atoms with Crippen molar-refractivity contribution in [2.45, 2.75) is 135 Å². The lowest BCUT2D eigenvalue weighted by Gasteiger charge is -2.37. The van der Waals surface area contributed by atoms with E-state index in [1.807, 2.05) is 0 Å². The number of rotatable bonds is 13. The van der Waals surface area contributed by atoms with E-state index < -0.39 is 6.08 Å². The van der Waals surface area contributed by atoms with Crippen LogP contribution in [-0.2, 0) is 4.74 Å². The zero-order valence-corrected chi connectivity index (χ0v) is 22.0. The van der Waals surface area contributed by atoms with Crippen LogP contribution in [-0.4, -0.2) is 12.7 Å². The summed E-state index contributed by atoms with van der Waals surface area (Å²) in [5.41, 5.74) is 0. The summed E-state index contributed by atoms with van der Waals surface area (Å²) in [5, 5.41) is 0. The summed E-state index contributed by atoms with van der Waals surface area (Å²) >= 11 is 0. The topological polar surface area (TPSA) is 9.23 Å². The molecule has 2 atom stereocenters. The minimum absolute atomic E-state index is 0.517. The van der Waals surface area contributed by atoms with Crippen molar-refractivity contribution in [3.8, 4) is 0 Å². The number of hydrogen-bond donors (Lipinski definition) is 0. The molecule has 2 saturated carbocycles. The van der Waals surface area contributed by atoms with Crippen molar-refractivity contribution in [2.24, 2.45) is 29.6 Å². The maximum atomic E-state index is 12.1. The molecule has 196 valence electrons. The summed E-state index contributed by atoms with van der Waals surface area (Å²) in [6.07, 6.45) is 29.1. The maximum Gasteiger partial charge on any atom is 0.266 e. The molecule has 1 nitrogen and oxygen atoms in total. The number of hydrogen-bond acceptors (Lipinski definition) is 1. The van der Waals surface area contributed by atoms with Crippen LogP contribution in [0.2, 0.25) is 0 Å². The Hall–Kier alpha value is -0.700. The van der Waals surface area contributed by atoms with Crippen molar-refractivity contribution >= 4 is 0 Å². The third-order valence-electron chi connectivity index (χ3n) is 9.22. The van der Waals surface area contributed by atoms with Crippen molar-refractivity contribution < 1.29 is 13.5 Å². The quantitative estimate of drug-likeness (QED) is 0.189. The van der Waals surface area contributed by atoms with Gasteiger partial charge in [-0.15, -0.1) is 0 Å². The van der Waals surface area contributed by atoms with Crippen LogP contribution in [0.5, 0.6) is 0 Å². The van der Waals surface area contributed by atoms with E-state index in [0.29, 0.717) is 12.5 Å². The van der Waals surface area contributed by atoms with Crippen molar-refractivity contribution in [1.82, 2.24) is 0 Å². The van der Waals surface area contributed by atoms with Gasteiger partial charge in [0.1, 0.15) is 0 Å². The third-order valence-corrected chi connectivity index (χ3v) is 9.22. The molecular formula is C31H52F2O. The van der Waals surface area contributed by atoms with Crippen LogP contribution in [0, 0.1) is 29.6 Å². The van der Waals surface area contributed by atoms with Crippen molar-refractivity contribution in [3.63, 3.8) is 0 Å². The zero-order chi connectivity index (χ0) is 24.0. The van der Waals surface area contributed by atoms with E-state index in [4.69, 9.17) is 4.74 Å². The van der Waals surface area contributed by atoms with E-state index >= 15 is 0 Å². The molecule has 2 unspecified atom stereocenters. The van der Waals surface area contributed by atoms with Crippen LogP contribution < -0.4 is 0 Å². The smallest absolute Gasteiger partial charge is 0.266 e. The Kier molecular flexibility index (Phi) is 13.2. The molecule has 3 fully saturated rings. The van der Waals surface area contributed by atoms with Gasteiger partial charge in [-0.1, -0.05) is 76.9 Å². The molecule has 1 saturated heterocycles. The van der Waals surface area contributed by atoms with Gasteiger partial charge < -0.3 is 4.74 Å². The Morgan fingerprint density at radius 3 is 2.00 bits per heavy atom. The van der Waals surface area contributed by atoms with E-state index in [9.17, 15) is 8.78 Å². The zero-order valence-electron chi connectivity index (χ0n) is 22.0. The van der Waals surface area contributed by atoms with Crippen LogP contribution in [0.4, 0.5) is 8.78 Å². The molecule has 0 amide bonds. The van der Waals surface area contributed by atoms with E-state index in [1.165, 1.54) is 103 Å². The Labute approximate surface area is 209 Å². The van der Waals surface area contributed by atoms with Crippen molar-refractivity contribution in [1.29, 1.82) is 0 Å². The minimum Gasteiger partial charge on any atom is -0.378 e.